The summed E-state index contributed by atoms with van der Waals surface area (Å²) >= 11 is 0. The van der Waals surface area contributed by atoms with Gasteiger partial charge in [0.1, 0.15) is 0 Å². The van der Waals surface area contributed by atoms with E-state index >= 15 is 0 Å². The van der Waals surface area contributed by atoms with E-state index in [0.717, 1.165) is 18.5 Å². The van der Waals surface area contributed by atoms with Crippen molar-refractivity contribution in [2.45, 2.75) is 25.8 Å². The third kappa shape index (κ3) is 4.74. The molecule has 0 heterocycles. The molecule has 1 N–H and O–H groups in total. The standard InChI is InChI=1S/C15H23NO4/c1-5-16-12(10-15(17)20-4)8-11-6-7-13(18-2)14(9-11)19-3/h6-7,9,12,16H,5,8,10H2,1-4H3. The first-order chi connectivity index (χ1) is 9.64. The van der Waals surface area contributed by atoms with Crippen LogP contribution in [0.5, 0.6) is 11.5 Å². The summed E-state index contributed by atoms with van der Waals surface area (Å²) in [6, 6.07) is 5.82. The zero-order chi connectivity index (χ0) is 15.0. The van der Waals surface area contributed by atoms with Gasteiger partial charge in [-0.3, -0.25) is 4.79 Å². The highest BCUT2D eigenvalue weighted by Gasteiger charge is 2.15. The molecule has 0 amide bonds. The monoisotopic (exact) mass is 281 g/mol. The van der Waals surface area contributed by atoms with Crippen LogP contribution in [0, 0.1) is 0 Å². The summed E-state index contributed by atoms with van der Waals surface area (Å²) in [6.07, 6.45) is 1.07. The number of nitrogens with one attached hydrogen (secondary N) is 1. The van der Waals surface area contributed by atoms with Gasteiger partial charge >= 0.3 is 5.97 Å². The molecular formula is C15H23NO4. The van der Waals surface area contributed by atoms with Gasteiger partial charge < -0.3 is 19.5 Å². The molecule has 1 atom stereocenters. The molecule has 1 rings (SSSR count). The summed E-state index contributed by atoms with van der Waals surface area (Å²) in [6.45, 7) is 2.81. The minimum Gasteiger partial charge on any atom is -0.493 e. The van der Waals surface area contributed by atoms with Crippen LogP contribution in [-0.2, 0) is 16.0 Å². The van der Waals surface area contributed by atoms with E-state index in [4.69, 9.17) is 14.2 Å². The zero-order valence-corrected chi connectivity index (χ0v) is 12.6. The predicted molar refractivity (Wildman–Crippen MR) is 77.3 cm³/mol. The van der Waals surface area contributed by atoms with Gasteiger partial charge in [-0.2, -0.15) is 0 Å². The van der Waals surface area contributed by atoms with Gasteiger partial charge in [-0.05, 0) is 30.7 Å². The van der Waals surface area contributed by atoms with E-state index in [1.54, 1.807) is 14.2 Å². The Kier molecular flexibility index (Phi) is 6.87. The van der Waals surface area contributed by atoms with Crippen molar-refractivity contribution in [2.75, 3.05) is 27.9 Å². The number of carbonyl (C=O) groups excluding carboxylic acids is 1. The second-order valence-electron chi connectivity index (χ2n) is 4.43. The number of esters is 1. The van der Waals surface area contributed by atoms with Gasteiger partial charge in [0.2, 0.25) is 0 Å². The van der Waals surface area contributed by atoms with Crippen LogP contribution in [0.25, 0.3) is 0 Å². The third-order valence-electron chi connectivity index (χ3n) is 3.06. The Hall–Kier alpha value is -1.75. The fourth-order valence-electron chi connectivity index (χ4n) is 2.08. The van der Waals surface area contributed by atoms with Crippen molar-refractivity contribution in [2.24, 2.45) is 0 Å². The fraction of sp³-hybridized carbons (Fsp3) is 0.533. The molecule has 1 unspecified atom stereocenters. The largest absolute Gasteiger partial charge is 0.493 e. The normalized spacial score (nSPS) is 11.8. The van der Waals surface area contributed by atoms with Gasteiger partial charge in [-0.1, -0.05) is 13.0 Å². The van der Waals surface area contributed by atoms with Gasteiger partial charge in [-0.25, -0.2) is 0 Å². The van der Waals surface area contributed by atoms with E-state index in [1.807, 2.05) is 25.1 Å². The van der Waals surface area contributed by atoms with Crippen molar-refractivity contribution >= 4 is 5.97 Å². The van der Waals surface area contributed by atoms with Gasteiger partial charge in [0, 0.05) is 6.04 Å². The number of likely N-dealkylation sites (N-methyl/N-ethyl adjacent to an activating group) is 1. The van der Waals surface area contributed by atoms with Crippen LogP contribution in [0.2, 0.25) is 0 Å². The van der Waals surface area contributed by atoms with Crippen LogP contribution in [0.4, 0.5) is 0 Å². The average molecular weight is 281 g/mol. The SMILES string of the molecule is CCNC(CC(=O)OC)Cc1ccc(OC)c(OC)c1. The smallest absolute Gasteiger partial charge is 0.307 e. The lowest BCUT2D eigenvalue weighted by Gasteiger charge is -2.17. The Morgan fingerprint density at radius 1 is 1.20 bits per heavy atom. The summed E-state index contributed by atoms with van der Waals surface area (Å²) in [5, 5.41) is 3.29. The number of hydrogen-bond donors (Lipinski definition) is 1. The highest BCUT2D eigenvalue weighted by Crippen LogP contribution is 2.28. The Morgan fingerprint density at radius 3 is 2.45 bits per heavy atom. The first-order valence-corrected chi connectivity index (χ1v) is 6.65. The van der Waals surface area contributed by atoms with Crippen LogP contribution in [-0.4, -0.2) is 39.9 Å². The Bertz CT molecular complexity index is 434. The molecule has 1 aromatic carbocycles. The van der Waals surface area contributed by atoms with E-state index in [2.05, 4.69) is 5.32 Å². The number of rotatable bonds is 8. The van der Waals surface area contributed by atoms with Gasteiger partial charge in [0.15, 0.2) is 11.5 Å². The maximum absolute atomic E-state index is 11.4. The number of ether oxygens (including phenoxy) is 3. The quantitative estimate of drug-likeness (QED) is 0.736. The van der Waals surface area contributed by atoms with E-state index in [-0.39, 0.29) is 12.0 Å². The van der Waals surface area contributed by atoms with Crippen molar-refractivity contribution in [3.05, 3.63) is 23.8 Å². The van der Waals surface area contributed by atoms with Crippen molar-refractivity contribution in [1.29, 1.82) is 0 Å². The lowest BCUT2D eigenvalue weighted by molar-refractivity contribution is -0.141. The average Bonchev–Trinajstić information content (AvgIpc) is 2.47. The molecule has 0 aliphatic carbocycles. The second-order valence-corrected chi connectivity index (χ2v) is 4.43. The minimum absolute atomic E-state index is 0.0468. The van der Waals surface area contributed by atoms with Crippen LogP contribution < -0.4 is 14.8 Å². The summed E-state index contributed by atoms with van der Waals surface area (Å²) in [7, 11) is 4.62. The number of methoxy groups -OCH3 is 3. The Balaban J connectivity index is 2.79. The van der Waals surface area contributed by atoms with Crippen LogP contribution >= 0.6 is 0 Å². The predicted octanol–water partition coefficient (Wildman–Crippen LogP) is 1.79. The van der Waals surface area contributed by atoms with Gasteiger partial charge in [0.05, 0.1) is 27.8 Å². The van der Waals surface area contributed by atoms with E-state index < -0.39 is 0 Å². The Labute approximate surface area is 120 Å². The second kappa shape index (κ2) is 8.43. The van der Waals surface area contributed by atoms with Crippen molar-refractivity contribution in [1.82, 2.24) is 5.32 Å². The Morgan fingerprint density at radius 2 is 1.90 bits per heavy atom. The highest BCUT2D eigenvalue weighted by atomic mass is 16.5. The topological polar surface area (TPSA) is 56.8 Å². The lowest BCUT2D eigenvalue weighted by atomic mass is 10.0. The molecule has 0 saturated heterocycles. The van der Waals surface area contributed by atoms with Crippen LogP contribution in [0.15, 0.2) is 18.2 Å². The summed E-state index contributed by atoms with van der Waals surface area (Å²) in [4.78, 5) is 11.4. The third-order valence-corrected chi connectivity index (χ3v) is 3.06. The molecule has 20 heavy (non-hydrogen) atoms. The molecule has 0 fully saturated rings. The molecule has 0 spiro atoms. The van der Waals surface area contributed by atoms with Crippen LogP contribution in [0.3, 0.4) is 0 Å². The van der Waals surface area contributed by atoms with E-state index in [1.165, 1.54) is 7.11 Å². The molecular weight excluding hydrogens is 258 g/mol. The summed E-state index contributed by atoms with van der Waals surface area (Å²) in [5.41, 5.74) is 1.08. The zero-order valence-electron chi connectivity index (χ0n) is 12.6. The molecule has 112 valence electrons. The molecule has 0 bridgehead atoms. The molecule has 0 radical (unpaired) electrons. The molecule has 5 heteroatoms. The fourth-order valence-corrected chi connectivity index (χ4v) is 2.08. The minimum atomic E-state index is -0.212. The van der Waals surface area contributed by atoms with Crippen LogP contribution in [0.1, 0.15) is 18.9 Å². The molecule has 0 saturated carbocycles. The van der Waals surface area contributed by atoms with E-state index in [9.17, 15) is 4.79 Å². The maximum Gasteiger partial charge on any atom is 0.307 e. The lowest BCUT2D eigenvalue weighted by Crippen LogP contribution is -2.33. The molecule has 0 aliphatic rings. The van der Waals surface area contributed by atoms with Gasteiger partial charge in [-0.15, -0.1) is 0 Å². The van der Waals surface area contributed by atoms with Crippen molar-refractivity contribution < 1.29 is 19.0 Å². The highest BCUT2D eigenvalue weighted by molar-refractivity contribution is 5.70. The molecule has 0 aliphatic heterocycles. The maximum atomic E-state index is 11.4. The number of benzene rings is 1. The summed E-state index contributed by atoms with van der Waals surface area (Å²) in [5.74, 6) is 1.18. The first-order valence-electron chi connectivity index (χ1n) is 6.65. The van der Waals surface area contributed by atoms with Crippen molar-refractivity contribution in [3.63, 3.8) is 0 Å². The molecule has 1 aromatic rings. The van der Waals surface area contributed by atoms with E-state index in [0.29, 0.717) is 17.9 Å². The summed E-state index contributed by atoms with van der Waals surface area (Å²) < 4.78 is 15.2. The number of carbonyl (C=O) groups is 1. The first kappa shape index (κ1) is 16.3. The van der Waals surface area contributed by atoms with Crippen molar-refractivity contribution in [3.8, 4) is 11.5 Å². The molecule has 0 aromatic heterocycles. The molecule has 5 nitrogen and oxygen atoms in total. The number of hydrogen-bond acceptors (Lipinski definition) is 5. The van der Waals surface area contributed by atoms with Gasteiger partial charge in [0.25, 0.3) is 0 Å².